The van der Waals surface area contributed by atoms with E-state index in [1.54, 1.807) is 10.7 Å². The molecule has 0 aromatic carbocycles. The summed E-state index contributed by atoms with van der Waals surface area (Å²) in [6.45, 7) is 2.79. The van der Waals surface area contributed by atoms with Crippen LogP contribution in [0.2, 0.25) is 0 Å². The zero-order valence-electron chi connectivity index (χ0n) is 11.9. The van der Waals surface area contributed by atoms with E-state index in [0.29, 0.717) is 5.76 Å². The molecule has 3 heterocycles. The Bertz CT molecular complexity index is 614. The third kappa shape index (κ3) is 2.24. The van der Waals surface area contributed by atoms with E-state index in [1.165, 1.54) is 0 Å². The average molecular weight is 273 g/mol. The Hall–Kier alpha value is -2.04. The Balaban J connectivity index is 1.83. The molecule has 1 amide bonds. The molecule has 1 atom stereocenters. The third-order valence-electron chi connectivity index (χ3n) is 3.84. The zero-order valence-corrected chi connectivity index (χ0v) is 11.9. The molecule has 0 bridgehead atoms. The largest absolute Gasteiger partial charge is 0.456 e. The van der Waals surface area contributed by atoms with Crippen molar-refractivity contribution in [3.8, 4) is 0 Å². The van der Waals surface area contributed by atoms with Gasteiger partial charge in [-0.15, -0.1) is 0 Å². The average Bonchev–Trinajstić information content (AvgIpc) is 3.17. The predicted molar refractivity (Wildman–Crippen MR) is 74.3 cm³/mol. The number of aromatic nitrogens is 2. The van der Waals surface area contributed by atoms with Crippen LogP contribution in [-0.4, -0.2) is 27.1 Å². The van der Waals surface area contributed by atoms with Crippen LogP contribution in [0.25, 0.3) is 0 Å². The molecule has 0 N–H and O–H groups in total. The van der Waals surface area contributed by atoms with Crippen LogP contribution in [0.3, 0.4) is 0 Å². The fourth-order valence-corrected chi connectivity index (χ4v) is 2.79. The van der Waals surface area contributed by atoms with E-state index in [9.17, 15) is 4.79 Å². The standard InChI is InChI=1S/C15H19N3O2/c1-3-12-6-7-14(20-12)15(19)18-8-4-5-13(18)11-9-16-17(2)10-11/h6-7,9-10,13H,3-5,8H2,1-2H3/t13-/m0/s1. The number of hydrogen-bond acceptors (Lipinski definition) is 3. The molecule has 0 radical (unpaired) electrons. The van der Waals surface area contributed by atoms with Gasteiger partial charge in [0.25, 0.3) is 5.91 Å². The Labute approximate surface area is 118 Å². The molecule has 5 heteroatoms. The summed E-state index contributed by atoms with van der Waals surface area (Å²) in [6, 6.07) is 3.77. The van der Waals surface area contributed by atoms with E-state index in [0.717, 1.165) is 37.1 Å². The van der Waals surface area contributed by atoms with Gasteiger partial charge in [0.15, 0.2) is 5.76 Å². The fourth-order valence-electron chi connectivity index (χ4n) is 2.79. The van der Waals surface area contributed by atoms with Gasteiger partial charge in [-0.1, -0.05) is 6.92 Å². The molecule has 0 unspecified atom stereocenters. The van der Waals surface area contributed by atoms with Crippen LogP contribution in [0.4, 0.5) is 0 Å². The molecular formula is C15H19N3O2. The van der Waals surface area contributed by atoms with Gasteiger partial charge in [0.2, 0.25) is 0 Å². The minimum absolute atomic E-state index is 0.0175. The van der Waals surface area contributed by atoms with E-state index in [1.807, 2.05) is 37.3 Å². The van der Waals surface area contributed by atoms with Crippen molar-refractivity contribution in [2.45, 2.75) is 32.2 Å². The van der Waals surface area contributed by atoms with Crippen LogP contribution >= 0.6 is 0 Å². The fraction of sp³-hybridized carbons (Fsp3) is 0.467. The van der Waals surface area contributed by atoms with Crippen molar-refractivity contribution in [1.29, 1.82) is 0 Å². The molecule has 1 aliphatic heterocycles. The SMILES string of the molecule is CCc1ccc(C(=O)N2CCC[C@H]2c2cnn(C)c2)o1. The number of hydrogen-bond donors (Lipinski definition) is 0. The van der Waals surface area contributed by atoms with Crippen molar-refractivity contribution in [2.75, 3.05) is 6.54 Å². The highest BCUT2D eigenvalue weighted by Crippen LogP contribution is 2.33. The Kier molecular flexibility index (Phi) is 3.34. The molecule has 20 heavy (non-hydrogen) atoms. The van der Waals surface area contributed by atoms with Gasteiger partial charge in [-0.3, -0.25) is 9.48 Å². The van der Waals surface area contributed by atoms with Gasteiger partial charge in [-0.2, -0.15) is 5.10 Å². The molecule has 1 fully saturated rings. The Morgan fingerprint density at radius 3 is 3.00 bits per heavy atom. The van der Waals surface area contributed by atoms with Crippen molar-refractivity contribution < 1.29 is 9.21 Å². The normalized spacial score (nSPS) is 18.7. The molecule has 1 aliphatic rings. The first-order chi connectivity index (χ1) is 9.69. The number of furan rings is 1. The molecule has 5 nitrogen and oxygen atoms in total. The summed E-state index contributed by atoms with van der Waals surface area (Å²) in [6.07, 6.45) is 6.64. The number of carbonyl (C=O) groups excluding carboxylic acids is 1. The summed E-state index contributed by atoms with van der Waals surface area (Å²) in [5, 5.41) is 4.20. The van der Waals surface area contributed by atoms with E-state index in [4.69, 9.17) is 4.42 Å². The van der Waals surface area contributed by atoms with Gasteiger partial charge in [-0.25, -0.2) is 0 Å². The molecule has 0 aliphatic carbocycles. The Morgan fingerprint density at radius 2 is 2.35 bits per heavy atom. The number of aryl methyl sites for hydroxylation is 2. The lowest BCUT2D eigenvalue weighted by Gasteiger charge is -2.22. The van der Waals surface area contributed by atoms with Crippen LogP contribution in [-0.2, 0) is 13.5 Å². The maximum Gasteiger partial charge on any atom is 0.290 e. The summed E-state index contributed by atoms with van der Waals surface area (Å²) in [5.41, 5.74) is 1.10. The summed E-state index contributed by atoms with van der Waals surface area (Å²) in [7, 11) is 1.89. The summed E-state index contributed by atoms with van der Waals surface area (Å²) in [4.78, 5) is 14.5. The van der Waals surface area contributed by atoms with Crippen LogP contribution < -0.4 is 0 Å². The second-order valence-electron chi connectivity index (χ2n) is 5.22. The van der Waals surface area contributed by atoms with Crippen molar-refractivity contribution in [3.05, 3.63) is 41.6 Å². The molecule has 0 saturated carbocycles. The third-order valence-corrected chi connectivity index (χ3v) is 3.84. The van der Waals surface area contributed by atoms with E-state index in [2.05, 4.69) is 5.10 Å². The van der Waals surface area contributed by atoms with Gasteiger partial charge in [0.1, 0.15) is 5.76 Å². The smallest absolute Gasteiger partial charge is 0.290 e. The van der Waals surface area contributed by atoms with E-state index < -0.39 is 0 Å². The highest BCUT2D eigenvalue weighted by Gasteiger charge is 2.32. The first-order valence-corrected chi connectivity index (χ1v) is 7.07. The van der Waals surface area contributed by atoms with Crippen molar-refractivity contribution in [1.82, 2.24) is 14.7 Å². The van der Waals surface area contributed by atoms with Crippen LogP contribution in [0.5, 0.6) is 0 Å². The van der Waals surface area contributed by atoms with Crippen molar-refractivity contribution in [3.63, 3.8) is 0 Å². The lowest BCUT2D eigenvalue weighted by molar-refractivity contribution is 0.0701. The van der Waals surface area contributed by atoms with E-state index >= 15 is 0 Å². The lowest BCUT2D eigenvalue weighted by atomic mass is 10.1. The second kappa shape index (κ2) is 5.15. The molecule has 2 aromatic rings. The highest BCUT2D eigenvalue weighted by molar-refractivity contribution is 5.92. The predicted octanol–water partition coefficient (Wildman–Crippen LogP) is 2.55. The van der Waals surface area contributed by atoms with E-state index in [-0.39, 0.29) is 11.9 Å². The number of amides is 1. The summed E-state index contributed by atoms with van der Waals surface area (Å²) < 4.78 is 7.36. The maximum absolute atomic E-state index is 12.6. The molecule has 106 valence electrons. The van der Waals surface area contributed by atoms with Crippen LogP contribution in [0, 0.1) is 0 Å². The van der Waals surface area contributed by atoms with Crippen LogP contribution in [0.1, 0.15) is 47.7 Å². The number of nitrogens with zero attached hydrogens (tertiary/aromatic N) is 3. The van der Waals surface area contributed by atoms with Gasteiger partial charge >= 0.3 is 0 Å². The molecule has 1 saturated heterocycles. The monoisotopic (exact) mass is 273 g/mol. The van der Waals surface area contributed by atoms with Gasteiger partial charge < -0.3 is 9.32 Å². The first kappa shape index (κ1) is 13.0. The molecule has 3 rings (SSSR count). The number of likely N-dealkylation sites (tertiary alicyclic amines) is 1. The molecular weight excluding hydrogens is 254 g/mol. The minimum Gasteiger partial charge on any atom is -0.456 e. The van der Waals surface area contributed by atoms with Gasteiger partial charge in [0, 0.05) is 31.8 Å². The molecule has 2 aromatic heterocycles. The lowest BCUT2D eigenvalue weighted by Crippen LogP contribution is -2.30. The second-order valence-corrected chi connectivity index (χ2v) is 5.22. The van der Waals surface area contributed by atoms with Gasteiger partial charge in [-0.05, 0) is 25.0 Å². The minimum atomic E-state index is -0.0175. The quantitative estimate of drug-likeness (QED) is 0.863. The first-order valence-electron chi connectivity index (χ1n) is 7.07. The van der Waals surface area contributed by atoms with Gasteiger partial charge in [0.05, 0.1) is 12.2 Å². The van der Waals surface area contributed by atoms with Crippen LogP contribution in [0.15, 0.2) is 28.9 Å². The Morgan fingerprint density at radius 1 is 1.50 bits per heavy atom. The topological polar surface area (TPSA) is 51.3 Å². The summed E-state index contributed by atoms with van der Waals surface area (Å²) >= 11 is 0. The van der Waals surface area contributed by atoms with Crippen molar-refractivity contribution in [2.24, 2.45) is 7.05 Å². The number of rotatable bonds is 3. The highest BCUT2D eigenvalue weighted by atomic mass is 16.4. The molecule has 0 spiro atoms. The number of carbonyl (C=O) groups is 1. The van der Waals surface area contributed by atoms with Crippen molar-refractivity contribution >= 4 is 5.91 Å². The summed E-state index contributed by atoms with van der Waals surface area (Å²) in [5.74, 6) is 1.28. The zero-order chi connectivity index (χ0) is 14.1. The maximum atomic E-state index is 12.6.